The minimum absolute atomic E-state index is 0.107. The van der Waals surface area contributed by atoms with Gasteiger partial charge in [-0.1, -0.05) is 20.8 Å². The van der Waals surface area contributed by atoms with E-state index in [1.54, 1.807) is 0 Å². The molecule has 4 heteroatoms. The highest BCUT2D eigenvalue weighted by molar-refractivity contribution is 5.25. The average Bonchev–Trinajstić information content (AvgIpc) is 2.67. The highest BCUT2D eigenvalue weighted by Gasteiger charge is 2.37. The van der Waals surface area contributed by atoms with E-state index in [0.717, 1.165) is 32.4 Å². The fourth-order valence-corrected chi connectivity index (χ4v) is 3.20. The molecule has 1 aromatic rings. The minimum Gasteiger partial charge on any atom is -0.381 e. The van der Waals surface area contributed by atoms with Crippen LogP contribution >= 0.6 is 0 Å². The van der Waals surface area contributed by atoms with E-state index >= 15 is 0 Å². The molecule has 2 heterocycles. The van der Waals surface area contributed by atoms with E-state index in [-0.39, 0.29) is 5.41 Å². The summed E-state index contributed by atoms with van der Waals surface area (Å²) in [7, 11) is 1.82. The van der Waals surface area contributed by atoms with Crippen molar-refractivity contribution in [1.82, 2.24) is 14.9 Å². The monoisotopic (exact) mass is 263 g/mol. The molecule has 4 nitrogen and oxygen atoms in total. The van der Waals surface area contributed by atoms with Gasteiger partial charge in [0.1, 0.15) is 5.82 Å². The predicted octanol–water partition coefficient (Wildman–Crippen LogP) is 2.18. The maximum absolute atomic E-state index is 5.44. The first kappa shape index (κ1) is 13.1. The second-order valence-electron chi connectivity index (χ2n) is 6.86. The second kappa shape index (κ2) is 4.60. The van der Waals surface area contributed by atoms with Crippen molar-refractivity contribution in [2.45, 2.75) is 64.1 Å². The fourth-order valence-electron chi connectivity index (χ4n) is 3.20. The van der Waals surface area contributed by atoms with E-state index in [4.69, 9.17) is 9.72 Å². The molecule has 1 N–H and O–H groups in total. The number of rotatable bonds is 2. The van der Waals surface area contributed by atoms with Gasteiger partial charge in [-0.05, 0) is 12.8 Å². The van der Waals surface area contributed by atoms with Gasteiger partial charge in [0.25, 0.3) is 0 Å². The van der Waals surface area contributed by atoms with Crippen LogP contribution in [0.25, 0.3) is 0 Å². The quantitative estimate of drug-likeness (QED) is 0.889. The minimum atomic E-state index is 0.107. The molecule has 0 atom stereocenters. The SMILES string of the molecule is COC1CC(n2c(C(C)(C)C)nc3c2CCNC3)C1. The van der Waals surface area contributed by atoms with E-state index < -0.39 is 0 Å². The van der Waals surface area contributed by atoms with E-state index in [9.17, 15) is 0 Å². The molecule has 106 valence electrons. The molecule has 1 aliphatic carbocycles. The molecule has 0 radical (unpaired) electrons. The lowest BCUT2D eigenvalue weighted by molar-refractivity contribution is 0.00382. The summed E-state index contributed by atoms with van der Waals surface area (Å²) in [5, 5.41) is 3.43. The Morgan fingerprint density at radius 1 is 1.32 bits per heavy atom. The molecule has 0 unspecified atom stereocenters. The van der Waals surface area contributed by atoms with Gasteiger partial charge in [-0.2, -0.15) is 0 Å². The normalized spacial score (nSPS) is 26.9. The first-order valence-electron chi connectivity index (χ1n) is 7.34. The summed E-state index contributed by atoms with van der Waals surface area (Å²) in [6.45, 7) is 8.78. The van der Waals surface area contributed by atoms with Gasteiger partial charge in [0, 0.05) is 43.8 Å². The smallest absolute Gasteiger partial charge is 0.114 e. The van der Waals surface area contributed by atoms with Crippen molar-refractivity contribution in [3.63, 3.8) is 0 Å². The molecule has 19 heavy (non-hydrogen) atoms. The van der Waals surface area contributed by atoms with Crippen LogP contribution in [0.5, 0.6) is 0 Å². The topological polar surface area (TPSA) is 39.1 Å². The number of hydrogen-bond acceptors (Lipinski definition) is 3. The first-order valence-corrected chi connectivity index (χ1v) is 7.34. The van der Waals surface area contributed by atoms with Crippen molar-refractivity contribution in [3.8, 4) is 0 Å². The Balaban J connectivity index is 1.98. The average molecular weight is 263 g/mol. The van der Waals surface area contributed by atoms with Gasteiger partial charge in [0.2, 0.25) is 0 Å². The standard InChI is InChI=1S/C15H25N3O/c1-15(2,3)14-17-12-9-16-6-5-13(12)18(14)10-7-11(8-10)19-4/h10-11,16H,5-9H2,1-4H3. The summed E-state index contributed by atoms with van der Waals surface area (Å²) in [6.07, 6.45) is 3.82. The van der Waals surface area contributed by atoms with Crippen LogP contribution in [0.15, 0.2) is 0 Å². The third kappa shape index (κ3) is 2.21. The van der Waals surface area contributed by atoms with Gasteiger partial charge in [0.15, 0.2) is 0 Å². The van der Waals surface area contributed by atoms with E-state index in [1.807, 2.05) is 7.11 Å². The summed E-state index contributed by atoms with van der Waals surface area (Å²) < 4.78 is 7.97. The number of imidazole rings is 1. The summed E-state index contributed by atoms with van der Waals surface area (Å²) in [4.78, 5) is 4.94. The molecule has 0 spiro atoms. The third-order valence-electron chi connectivity index (χ3n) is 4.36. The van der Waals surface area contributed by atoms with Gasteiger partial charge < -0.3 is 14.6 Å². The van der Waals surface area contributed by atoms with Crippen molar-refractivity contribution >= 4 is 0 Å². The summed E-state index contributed by atoms with van der Waals surface area (Å²) >= 11 is 0. The van der Waals surface area contributed by atoms with Gasteiger partial charge >= 0.3 is 0 Å². The lowest BCUT2D eigenvalue weighted by atomic mass is 9.86. The van der Waals surface area contributed by atoms with Crippen LogP contribution in [0.1, 0.15) is 56.9 Å². The number of fused-ring (bicyclic) bond motifs is 1. The largest absolute Gasteiger partial charge is 0.381 e. The molecule has 1 aliphatic heterocycles. The van der Waals surface area contributed by atoms with E-state index in [1.165, 1.54) is 17.2 Å². The number of ether oxygens (including phenoxy) is 1. The maximum atomic E-state index is 5.44. The predicted molar refractivity (Wildman–Crippen MR) is 75.4 cm³/mol. The molecule has 1 fully saturated rings. The molecule has 0 amide bonds. The molecule has 0 saturated heterocycles. The first-order chi connectivity index (χ1) is 9.00. The van der Waals surface area contributed by atoms with Crippen LogP contribution in [-0.4, -0.2) is 29.3 Å². The Kier molecular flexibility index (Phi) is 3.18. The summed E-state index contributed by atoms with van der Waals surface area (Å²) in [5.74, 6) is 1.25. The molecule has 2 aliphatic rings. The Morgan fingerprint density at radius 2 is 2.05 bits per heavy atom. The molecular formula is C15H25N3O. The Hall–Kier alpha value is -0.870. The number of aromatic nitrogens is 2. The number of hydrogen-bond donors (Lipinski definition) is 1. The second-order valence-corrected chi connectivity index (χ2v) is 6.86. The lowest BCUT2D eigenvalue weighted by Crippen LogP contribution is -2.36. The highest BCUT2D eigenvalue weighted by atomic mass is 16.5. The lowest BCUT2D eigenvalue weighted by Gasteiger charge is -2.38. The zero-order valence-corrected chi connectivity index (χ0v) is 12.5. The zero-order chi connectivity index (χ0) is 13.6. The molecule has 1 saturated carbocycles. The zero-order valence-electron chi connectivity index (χ0n) is 12.5. The van der Waals surface area contributed by atoms with Crippen LogP contribution in [0.2, 0.25) is 0 Å². The number of nitrogens with one attached hydrogen (secondary N) is 1. The third-order valence-corrected chi connectivity index (χ3v) is 4.36. The van der Waals surface area contributed by atoms with Crippen molar-refractivity contribution in [1.29, 1.82) is 0 Å². The van der Waals surface area contributed by atoms with Crippen LogP contribution in [0.3, 0.4) is 0 Å². The molecule has 3 rings (SSSR count). The van der Waals surface area contributed by atoms with Crippen LogP contribution in [0, 0.1) is 0 Å². The fraction of sp³-hybridized carbons (Fsp3) is 0.800. The van der Waals surface area contributed by atoms with Crippen molar-refractivity contribution < 1.29 is 4.74 Å². The van der Waals surface area contributed by atoms with Gasteiger partial charge in [-0.15, -0.1) is 0 Å². The highest BCUT2D eigenvalue weighted by Crippen LogP contribution is 2.39. The van der Waals surface area contributed by atoms with Crippen molar-refractivity contribution in [3.05, 3.63) is 17.2 Å². The number of nitrogens with zero attached hydrogens (tertiary/aromatic N) is 2. The van der Waals surface area contributed by atoms with Crippen molar-refractivity contribution in [2.75, 3.05) is 13.7 Å². The summed E-state index contributed by atoms with van der Waals surface area (Å²) in [6, 6.07) is 0.591. The molecular weight excluding hydrogens is 238 g/mol. The molecule has 0 bridgehead atoms. The molecule has 0 aromatic carbocycles. The Labute approximate surface area is 115 Å². The van der Waals surface area contributed by atoms with Gasteiger partial charge in [-0.3, -0.25) is 0 Å². The van der Waals surface area contributed by atoms with Crippen LogP contribution < -0.4 is 5.32 Å². The molecule has 1 aromatic heterocycles. The van der Waals surface area contributed by atoms with Crippen LogP contribution in [0.4, 0.5) is 0 Å². The Morgan fingerprint density at radius 3 is 2.68 bits per heavy atom. The van der Waals surface area contributed by atoms with Crippen LogP contribution in [-0.2, 0) is 23.1 Å². The van der Waals surface area contributed by atoms with Gasteiger partial charge in [-0.25, -0.2) is 4.98 Å². The van der Waals surface area contributed by atoms with E-state index in [0.29, 0.717) is 12.1 Å². The number of methoxy groups -OCH3 is 1. The summed E-state index contributed by atoms with van der Waals surface area (Å²) in [5.41, 5.74) is 2.83. The Bertz CT molecular complexity index is 466. The van der Waals surface area contributed by atoms with Crippen molar-refractivity contribution in [2.24, 2.45) is 0 Å². The maximum Gasteiger partial charge on any atom is 0.114 e. The van der Waals surface area contributed by atoms with Gasteiger partial charge in [0.05, 0.1) is 11.8 Å². The van der Waals surface area contributed by atoms with E-state index in [2.05, 4.69) is 30.7 Å².